The van der Waals surface area contributed by atoms with Gasteiger partial charge in [0.15, 0.2) is 0 Å². The number of hydrogen-bond acceptors (Lipinski definition) is 4. The Morgan fingerprint density at radius 3 is 2.25 bits per heavy atom. The van der Waals surface area contributed by atoms with Gasteiger partial charge in [0.1, 0.15) is 6.10 Å². The summed E-state index contributed by atoms with van der Waals surface area (Å²) >= 11 is 0. The lowest BCUT2D eigenvalue weighted by Gasteiger charge is -2.16. The Balaban J connectivity index is 3.51. The van der Waals surface area contributed by atoms with Crippen LogP contribution in [0.15, 0.2) is 0 Å². The fraction of sp³-hybridized carbons (Fsp3) is 0.938. The van der Waals surface area contributed by atoms with E-state index in [4.69, 9.17) is 4.74 Å². The normalized spacial score (nSPS) is 11.3. The molecule has 4 nitrogen and oxygen atoms in total. The molecule has 0 aromatic heterocycles. The van der Waals surface area contributed by atoms with Crippen molar-refractivity contribution in [3.05, 3.63) is 0 Å². The first-order valence-corrected chi connectivity index (χ1v) is 8.15. The lowest BCUT2D eigenvalue weighted by molar-refractivity contribution is -0.149. The second-order valence-corrected chi connectivity index (χ2v) is 5.70. The van der Waals surface area contributed by atoms with Crippen LogP contribution in [0.1, 0.15) is 58.8 Å². The molecule has 0 bridgehead atoms. The molecular formula is C16H34N2O2. The third-order valence-corrected chi connectivity index (χ3v) is 3.21. The summed E-state index contributed by atoms with van der Waals surface area (Å²) in [6.45, 7) is 7.28. The molecule has 0 saturated heterocycles. The minimum absolute atomic E-state index is 0.0352. The van der Waals surface area contributed by atoms with Crippen LogP contribution in [0.2, 0.25) is 0 Å². The number of nitrogens with one attached hydrogen (secondary N) is 1. The molecule has 0 fully saturated rings. The highest BCUT2D eigenvalue weighted by Gasteiger charge is 2.12. The second kappa shape index (κ2) is 13.4. The minimum atomic E-state index is -0.0352. The van der Waals surface area contributed by atoms with Crippen molar-refractivity contribution >= 4 is 5.97 Å². The molecule has 0 heterocycles. The Morgan fingerprint density at radius 2 is 1.70 bits per heavy atom. The minimum Gasteiger partial charge on any atom is -0.462 e. The third-order valence-electron chi connectivity index (χ3n) is 3.21. The topological polar surface area (TPSA) is 41.6 Å². The Morgan fingerprint density at radius 1 is 1.10 bits per heavy atom. The summed E-state index contributed by atoms with van der Waals surface area (Å²) in [6, 6.07) is 0. The molecular weight excluding hydrogens is 252 g/mol. The van der Waals surface area contributed by atoms with E-state index in [1.807, 2.05) is 0 Å². The zero-order valence-corrected chi connectivity index (χ0v) is 13.9. The van der Waals surface area contributed by atoms with E-state index in [0.29, 0.717) is 6.42 Å². The maximum atomic E-state index is 11.7. The van der Waals surface area contributed by atoms with E-state index >= 15 is 0 Å². The average molecular weight is 286 g/mol. The molecule has 0 aliphatic carbocycles. The van der Waals surface area contributed by atoms with E-state index in [-0.39, 0.29) is 12.1 Å². The molecule has 20 heavy (non-hydrogen) atoms. The summed E-state index contributed by atoms with van der Waals surface area (Å²) in [5.41, 5.74) is 0. The maximum Gasteiger partial charge on any atom is 0.306 e. The lowest BCUT2D eigenvalue weighted by Crippen LogP contribution is -2.23. The van der Waals surface area contributed by atoms with Crippen molar-refractivity contribution < 1.29 is 9.53 Å². The molecule has 0 atom stereocenters. The number of nitrogens with zero attached hydrogens (tertiary/aromatic N) is 1. The summed E-state index contributed by atoms with van der Waals surface area (Å²) in [5.74, 6) is -0.0352. The van der Waals surface area contributed by atoms with Gasteiger partial charge < -0.3 is 15.0 Å². The van der Waals surface area contributed by atoms with Crippen LogP contribution in [0.5, 0.6) is 0 Å². The number of carbonyl (C=O) groups excluding carboxylic acids is 1. The molecule has 0 spiro atoms. The van der Waals surface area contributed by atoms with Crippen LogP contribution in [0, 0.1) is 0 Å². The second-order valence-electron chi connectivity index (χ2n) is 5.70. The predicted octanol–water partition coefficient (Wildman–Crippen LogP) is 2.82. The number of carbonyl (C=O) groups is 1. The molecule has 1 N–H and O–H groups in total. The highest BCUT2D eigenvalue weighted by atomic mass is 16.5. The van der Waals surface area contributed by atoms with Crippen LogP contribution in [-0.4, -0.2) is 50.7 Å². The fourth-order valence-corrected chi connectivity index (χ4v) is 2.15. The molecule has 0 aromatic carbocycles. The van der Waals surface area contributed by atoms with E-state index < -0.39 is 0 Å². The number of esters is 1. The van der Waals surface area contributed by atoms with Crippen LogP contribution >= 0.6 is 0 Å². The number of ether oxygens (including phenoxy) is 1. The van der Waals surface area contributed by atoms with Crippen LogP contribution in [0.25, 0.3) is 0 Å². The molecule has 0 aromatic rings. The van der Waals surface area contributed by atoms with E-state index in [2.05, 4.69) is 38.2 Å². The van der Waals surface area contributed by atoms with E-state index in [9.17, 15) is 4.79 Å². The largest absolute Gasteiger partial charge is 0.462 e. The zero-order chi connectivity index (χ0) is 15.2. The van der Waals surface area contributed by atoms with E-state index in [1.165, 1.54) is 0 Å². The summed E-state index contributed by atoms with van der Waals surface area (Å²) in [6.07, 6.45) is 6.80. The SMILES string of the molecule is CCCC(CCC)OC(=O)CCCNCCCN(C)C. The van der Waals surface area contributed by atoms with Crippen molar-refractivity contribution in [3.63, 3.8) is 0 Å². The highest BCUT2D eigenvalue weighted by molar-refractivity contribution is 5.69. The third kappa shape index (κ3) is 12.4. The van der Waals surface area contributed by atoms with Gasteiger partial charge in [-0.2, -0.15) is 0 Å². The monoisotopic (exact) mass is 286 g/mol. The van der Waals surface area contributed by atoms with Gasteiger partial charge in [-0.25, -0.2) is 0 Å². The number of rotatable bonds is 13. The van der Waals surface area contributed by atoms with Crippen molar-refractivity contribution in [3.8, 4) is 0 Å². The Hall–Kier alpha value is -0.610. The molecule has 0 rings (SSSR count). The molecule has 0 unspecified atom stereocenters. The van der Waals surface area contributed by atoms with Gasteiger partial charge in [-0.05, 0) is 59.4 Å². The van der Waals surface area contributed by atoms with Crippen molar-refractivity contribution in [2.45, 2.75) is 64.9 Å². The van der Waals surface area contributed by atoms with Gasteiger partial charge in [0.25, 0.3) is 0 Å². The first-order valence-electron chi connectivity index (χ1n) is 8.15. The Bertz CT molecular complexity index is 227. The maximum absolute atomic E-state index is 11.7. The van der Waals surface area contributed by atoms with Crippen molar-refractivity contribution in [1.82, 2.24) is 10.2 Å². The quantitative estimate of drug-likeness (QED) is 0.417. The van der Waals surface area contributed by atoms with E-state index in [0.717, 1.165) is 58.2 Å². The highest BCUT2D eigenvalue weighted by Crippen LogP contribution is 2.10. The van der Waals surface area contributed by atoms with Crippen LogP contribution < -0.4 is 5.32 Å². The van der Waals surface area contributed by atoms with Crippen LogP contribution in [0.3, 0.4) is 0 Å². The number of hydrogen-bond donors (Lipinski definition) is 1. The lowest BCUT2D eigenvalue weighted by atomic mass is 10.1. The Labute approximate surface area is 125 Å². The van der Waals surface area contributed by atoms with Crippen LogP contribution in [-0.2, 0) is 9.53 Å². The molecule has 0 radical (unpaired) electrons. The summed E-state index contributed by atoms with van der Waals surface area (Å²) in [7, 11) is 4.16. The first kappa shape index (κ1) is 19.4. The molecule has 4 heteroatoms. The van der Waals surface area contributed by atoms with Crippen molar-refractivity contribution in [2.75, 3.05) is 33.7 Å². The molecule has 120 valence electrons. The van der Waals surface area contributed by atoms with Gasteiger partial charge >= 0.3 is 5.97 Å². The smallest absolute Gasteiger partial charge is 0.306 e. The van der Waals surface area contributed by atoms with Crippen molar-refractivity contribution in [1.29, 1.82) is 0 Å². The standard InChI is InChI=1S/C16H34N2O2/c1-5-9-15(10-6-2)20-16(19)11-7-12-17-13-8-14-18(3)4/h15,17H,5-14H2,1-4H3. The average Bonchev–Trinajstić information content (AvgIpc) is 2.37. The molecule has 0 aliphatic rings. The van der Waals surface area contributed by atoms with Crippen LogP contribution in [0.4, 0.5) is 0 Å². The van der Waals surface area contributed by atoms with Gasteiger partial charge in [-0.3, -0.25) is 4.79 Å². The molecule has 0 amide bonds. The zero-order valence-electron chi connectivity index (χ0n) is 13.9. The summed E-state index contributed by atoms with van der Waals surface area (Å²) < 4.78 is 5.52. The van der Waals surface area contributed by atoms with Gasteiger partial charge in [0.05, 0.1) is 0 Å². The first-order chi connectivity index (χ1) is 9.60. The molecule has 0 aliphatic heterocycles. The van der Waals surface area contributed by atoms with Gasteiger partial charge in [0, 0.05) is 6.42 Å². The van der Waals surface area contributed by atoms with Gasteiger partial charge in [-0.1, -0.05) is 26.7 Å². The molecule has 0 saturated carbocycles. The van der Waals surface area contributed by atoms with Crippen molar-refractivity contribution in [2.24, 2.45) is 0 Å². The van der Waals surface area contributed by atoms with E-state index in [1.54, 1.807) is 0 Å². The van der Waals surface area contributed by atoms with Gasteiger partial charge in [-0.15, -0.1) is 0 Å². The van der Waals surface area contributed by atoms with Gasteiger partial charge in [0.2, 0.25) is 0 Å². The fourth-order valence-electron chi connectivity index (χ4n) is 2.15. The summed E-state index contributed by atoms with van der Waals surface area (Å²) in [5, 5.41) is 3.37. The predicted molar refractivity (Wildman–Crippen MR) is 85.0 cm³/mol. The summed E-state index contributed by atoms with van der Waals surface area (Å²) in [4.78, 5) is 13.9. The Kier molecular flexibility index (Phi) is 13.0.